The highest BCUT2D eigenvalue weighted by Gasteiger charge is 2.22. The average molecular weight is 643 g/mol. The van der Waals surface area contributed by atoms with Crippen LogP contribution in [0, 0.1) is 6.92 Å². The standard InChI is InChI=1S/C31H26N2O5S.C4H10O.C2H6/c1-18-14-25-22(7-9-27(33-25)38-17-19-4-3-5-21(15-19)39(2)36)30(24(18)16-28(34)35)23-6-8-26-29-20(11-13-37-26)10-12-32-31(23)29;1-4(2,3)5;1-2/h3-10,12,14-15H,11,13,16-17H2,1-2H3,(H,34,35);5H,1-3H3;1-2H3. The molecule has 0 amide bonds. The third-order valence-electron chi connectivity index (χ3n) is 7.08. The lowest BCUT2D eigenvalue weighted by Crippen LogP contribution is -2.10. The number of aliphatic hydroxyl groups is 1. The second-order valence-electron chi connectivity index (χ2n) is 11.8. The number of ether oxygens (including phenoxy) is 2. The van der Waals surface area contributed by atoms with Crippen molar-refractivity contribution in [3.8, 4) is 22.8 Å². The quantitative estimate of drug-likeness (QED) is 0.188. The molecule has 6 rings (SSSR count). The van der Waals surface area contributed by atoms with E-state index in [1.165, 1.54) is 5.56 Å². The van der Waals surface area contributed by atoms with E-state index in [1.54, 1.807) is 39.3 Å². The van der Waals surface area contributed by atoms with Crippen LogP contribution in [0.2, 0.25) is 0 Å². The van der Waals surface area contributed by atoms with E-state index in [1.807, 2.05) is 75.4 Å². The van der Waals surface area contributed by atoms with Gasteiger partial charge in [-0.25, -0.2) is 4.98 Å². The third kappa shape index (κ3) is 8.27. The van der Waals surface area contributed by atoms with E-state index in [-0.39, 0.29) is 13.0 Å². The van der Waals surface area contributed by atoms with Crippen molar-refractivity contribution in [2.45, 2.75) is 71.5 Å². The van der Waals surface area contributed by atoms with Crippen LogP contribution in [-0.2, 0) is 35.0 Å². The molecule has 9 heteroatoms. The fourth-order valence-corrected chi connectivity index (χ4v) is 5.86. The van der Waals surface area contributed by atoms with Crippen LogP contribution in [0.25, 0.3) is 32.9 Å². The lowest BCUT2D eigenvalue weighted by atomic mass is 9.88. The average Bonchev–Trinajstić information content (AvgIpc) is 3.01. The second-order valence-corrected chi connectivity index (χ2v) is 13.2. The molecule has 0 saturated heterocycles. The molecule has 242 valence electrons. The van der Waals surface area contributed by atoms with E-state index in [0.717, 1.165) is 61.2 Å². The van der Waals surface area contributed by atoms with Gasteiger partial charge in [0, 0.05) is 57.0 Å². The highest BCUT2D eigenvalue weighted by Crippen LogP contribution is 2.42. The van der Waals surface area contributed by atoms with Crippen molar-refractivity contribution < 1.29 is 28.7 Å². The number of carboxylic acid groups (broad SMARTS) is 1. The molecule has 0 radical (unpaired) electrons. The molecule has 1 atom stereocenters. The summed E-state index contributed by atoms with van der Waals surface area (Å²) in [5.74, 6) is 0.343. The smallest absolute Gasteiger partial charge is 0.307 e. The van der Waals surface area contributed by atoms with Crippen LogP contribution in [0.15, 0.2) is 71.8 Å². The van der Waals surface area contributed by atoms with Gasteiger partial charge in [0.05, 0.1) is 29.7 Å². The molecular weight excluding hydrogens is 600 g/mol. The summed E-state index contributed by atoms with van der Waals surface area (Å²) in [5, 5.41) is 20.1. The predicted octanol–water partition coefficient (Wildman–Crippen LogP) is 7.44. The molecule has 1 aliphatic heterocycles. The van der Waals surface area contributed by atoms with Crippen molar-refractivity contribution in [3.05, 3.63) is 89.1 Å². The Labute approximate surface area is 272 Å². The van der Waals surface area contributed by atoms with E-state index in [2.05, 4.69) is 0 Å². The van der Waals surface area contributed by atoms with E-state index in [0.29, 0.717) is 18.0 Å². The number of carbonyl (C=O) groups is 1. The van der Waals surface area contributed by atoms with Crippen LogP contribution >= 0.6 is 0 Å². The van der Waals surface area contributed by atoms with Gasteiger partial charge in [-0.15, -0.1) is 0 Å². The number of aliphatic carboxylic acids is 1. The van der Waals surface area contributed by atoms with Crippen molar-refractivity contribution in [3.63, 3.8) is 0 Å². The number of hydrogen-bond donors (Lipinski definition) is 2. The molecule has 8 nitrogen and oxygen atoms in total. The van der Waals surface area contributed by atoms with Gasteiger partial charge in [0.15, 0.2) is 0 Å². The maximum Gasteiger partial charge on any atom is 0.307 e. The molecule has 3 aromatic carbocycles. The highest BCUT2D eigenvalue weighted by molar-refractivity contribution is 7.84. The van der Waals surface area contributed by atoms with Crippen LogP contribution in [0.1, 0.15) is 56.9 Å². The zero-order chi connectivity index (χ0) is 33.6. The van der Waals surface area contributed by atoms with Gasteiger partial charge >= 0.3 is 5.97 Å². The molecule has 0 aliphatic carbocycles. The summed E-state index contributed by atoms with van der Waals surface area (Å²) in [7, 11) is -1.07. The fourth-order valence-electron chi connectivity index (χ4n) is 5.27. The van der Waals surface area contributed by atoms with Crippen molar-refractivity contribution in [2.75, 3.05) is 12.9 Å². The molecule has 0 saturated carbocycles. The van der Waals surface area contributed by atoms with Crippen LogP contribution in [0.4, 0.5) is 0 Å². The van der Waals surface area contributed by atoms with E-state index < -0.39 is 22.4 Å². The molecule has 2 aromatic heterocycles. The summed E-state index contributed by atoms with van der Waals surface area (Å²) < 4.78 is 23.8. The van der Waals surface area contributed by atoms with Gasteiger partial charge in [-0.3, -0.25) is 14.0 Å². The lowest BCUT2D eigenvalue weighted by Gasteiger charge is -2.21. The number of carboxylic acids is 1. The minimum Gasteiger partial charge on any atom is -0.493 e. The Morgan fingerprint density at radius 1 is 1.07 bits per heavy atom. The van der Waals surface area contributed by atoms with Crippen molar-refractivity contribution in [2.24, 2.45) is 0 Å². The molecule has 0 fully saturated rings. The molecular formula is C37H42N2O6S. The zero-order valence-corrected chi connectivity index (χ0v) is 28.3. The summed E-state index contributed by atoms with van der Waals surface area (Å²) in [5.41, 5.74) is 6.29. The Kier molecular flexibility index (Phi) is 11.1. The summed E-state index contributed by atoms with van der Waals surface area (Å²) in [6.07, 6.45) is 4.13. The first-order valence-electron chi connectivity index (χ1n) is 15.4. The molecule has 5 aromatic rings. The number of aryl methyl sites for hydroxylation is 1. The first-order valence-corrected chi connectivity index (χ1v) is 16.9. The van der Waals surface area contributed by atoms with Crippen molar-refractivity contribution >= 4 is 38.6 Å². The van der Waals surface area contributed by atoms with Gasteiger partial charge in [0.1, 0.15) is 12.4 Å². The molecule has 1 aliphatic rings. The number of hydrogen-bond acceptors (Lipinski definition) is 7. The number of benzene rings is 3. The van der Waals surface area contributed by atoms with E-state index in [9.17, 15) is 14.1 Å². The van der Waals surface area contributed by atoms with Gasteiger partial charge in [-0.05, 0) is 98.0 Å². The monoisotopic (exact) mass is 642 g/mol. The van der Waals surface area contributed by atoms with Gasteiger partial charge in [0.25, 0.3) is 0 Å². The van der Waals surface area contributed by atoms with Crippen LogP contribution in [0.3, 0.4) is 0 Å². The normalized spacial score (nSPS) is 12.7. The third-order valence-corrected chi connectivity index (χ3v) is 8.00. The van der Waals surface area contributed by atoms with E-state index in [4.69, 9.17) is 24.5 Å². The fraction of sp³-hybridized carbons (Fsp3) is 0.324. The second kappa shape index (κ2) is 14.8. The summed E-state index contributed by atoms with van der Waals surface area (Å²) in [4.78, 5) is 22.2. The van der Waals surface area contributed by atoms with Crippen LogP contribution in [0.5, 0.6) is 11.6 Å². The number of nitrogens with zero attached hydrogens (tertiary/aromatic N) is 2. The lowest BCUT2D eigenvalue weighted by molar-refractivity contribution is -0.136. The minimum atomic E-state index is -1.07. The molecule has 46 heavy (non-hydrogen) atoms. The topological polar surface area (TPSA) is 119 Å². The Balaban J connectivity index is 0.000000628. The first-order chi connectivity index (χ1) is 21.9. The maximum absolute atomic E-state index is 11.9. The van der Waals surface area contributed by atoms with Gasteiger partial charge in [0.2, 0.25) is 5.88 Å². The predicted molar refractivity (Wildman–Crippen MR) is 184 cm³/mol. The molecule has 1 unspecified atom stereocenters. The Hall–Kier alpha value is -4.34. The number of pyridine rings is 2. The number of rotatable bonds is 7. The highest BCUT2D eigenvalue weighted by atomic mass is 32.2. The van der Waals surface area contributed by atoms with Gasteiger partial charge < -0.3 is 19.7 Å². The maximum atomic E-state index is 11.9. The molecule has 0 bridgehead atoms. The van der Waals surface area contributed by atoms with Crippen molar-refractivity contribution in [1.82, 2.24) is 9.97 Å². The molecule has 0 spiro atoms. The Morgan fingerprint density at radius 2 is 1.80 bits per heavy atom. The Bertz CT molecular complexity index is 1880. The summed E-state index contributed by atoms with van der Waals surface area (Å²) in [6.45, 7) is 12.0. The summed E-state index contributed by atoms with van der Waals surface area (Å²) in [6, 6.07) is 19.1. The molecule has 2 N–H and O–H groups in total. The number of fused-ring (bicyclic) bond motifs is 1. The zero-order valence-electron chi connectivity index (χ0n) is 27.5. The SMILES string of the molecule is CC.CC(C)(C)O.Cc1cc2nc(OCc3cccc(S(C)=O)c3)ccc2c(-c2ccc3c4c(ccnc24)CCO3)c1CC(=O)O. The van der Waals surface area contributed by atoms with Crippen LogP contribution in [-0.4, -0.2) is 48.8 Å². The van der Waals surface area contributed by atoms with E-state index >= 15 is 0 Å². The Morgan fingerprint density at radius 3 is 2.50 bits per heavy atom. The van der Waals surface area contributed by atoms with Gasteiger partial charge in [-0.2, -0.15) is 0 Å². The minimum absolute atomic E-state index is 0.121. The summed E-state index contributed by atoms with van der Waals surface area (Å²) >= 11 is 0. The van der Waals surface area contributed by atoms with Crippen molar-refractivity contribution in [1.29, 1.82) is 0 Å². The number of aromatic nitrogens is 2. The molecule has 3 heterocycles. The van der Waals surface area contributed by atoms with Gasteiger partial charge in [-0.1, -0.05) is 26.0 Å². The van der Waals surface area contributed by atoms with Crippen LogP contribution < -0.4 is 9.47 Å². The first kappa shape index (κ1) is 34.5. The largest absolute Gasteiger partial charge is 0.493 e.